The van der Waals surface area contributed by atoms with E-state index in [-0.39, 0.29) is 27.8 Å². The van der Waals surface area contributed by atoms with Gasteiger partial charge in [-0.05, 0) is 24.1 Å². The number of halogens is 1. The Morgan fingerprint density at radius 3 is 2.00 bits per heavy atom. The molecule has 0 spiro atoms. The first kappa shape index (κ1) is 20.3. The van der Waals surface area contributed by atoms with E-state index in [4.69, 9.17) is 21.8 Å². The number of thioether (sulfide) groups is 2. The molecule has 2 aromatic rings. The lowest BCUT2D eigenvalue weighted by molar-refractivity contribution is -0.134. The second kappa shape index (κ2) is 10.2. The fraction of sp³-hybridized carbons (Fsp3) is 0.267. The number of carbonyl (C=O) groups is 2. The molecule has 1 aromatic carbocycles. The van der Waals surface area contributed by atoms with E-state index in [2.05, 4.69) is 20.3 Å². The van der Waals surface area contributed by atoms with Gasteiger partial charge in [-0.25, -0.2) is 0 Å². The highest BCUT2D eigenvalue weighted by molar-refractivity contribution is 8.00. The lowest BCUT2D eigenvalue weighted by atomic mass is 10.1. The Bertz CT molecular complexity index is 740. The van der Waals surface area contributed by atoms with Crippen molar-refractivity contribution in [3.63, 3.8) is 0 Å². The number of benzene rings is 1. The number of anilines is 1. The first-order valence-corrected chi connectivity index (χ1v) is 9.71. The Balaban J connectivity index is 2.02. The molecule has 138 valence electrons. The second-order valence-electron chi connectivity index (χ2n) is 4.89. The number of hydrogen-bond donors (Lipinski definition) is 3. The number of carboxylic acids is 2. The summed E-state index contributed by atoms with van der Waals surface area (Å²) >= 11 is 7.74. The van der Waals surface area contributed by atoms with Crippen LogP contribution < -0.4 is 5.32 Å². The molecule has 0 aliphatic carbocycles. The third-order valence-electron chi connectivity index (χ3n) is 2.85. The fourth-order valence-electron chi connectivity index (χ4n) is 1.77. The molecule has 0 unspecified atom stereocenters. The van der Waals surface area contributed by atoms with Crippen molar-refractivity contribution in [3.8, 4) is 0 Å². The van der Waals surface area contributed by atoms with Gasteiger partial charge in [-0.2, -0.15) is 15.0 Å². The molecule has 0 saturated heterocycles. The molecule has 0 aliphatic rings. The van der Waals surface area contributed by atoms with Crippen molar-refractivity contribution in [3.05, 3.63) is 34.9 Å². The molecule has 11 heteroatoms. The zero-order valence-electron chi connectivity index (χ0n) is 13.4. The van der Waals surface area contributed by atoms with Crippen LogP contribution in [0.3, 0.4) is 0 Å². The fourth-order valence-corrected chi connectivity index (χ4v) is 3.06. The lowest BCUT2D eigenvalue weighted by Crippen LogP contribution is -2.11. The Labute approximate surface area is 162 Å². The third-order valence-corrected chi connectivity index (χ3v) is 4.77. The number of aliphatic carboxylic acids is 2. The van der Waals surface area contributed by atoms with Crippen molar-refractivity contribution in [1.29, 1.82) is 0 Å². The van der Waals surface area contributed by atoms with Crippen LogP contribution in [0.5, 0.6) is 0 Å². The highest BCUT2D eigenvalue weighted by Crippen LogP contribution is 2.20. The monoisotopic (exact) mass is 414 g/mol. The van der Waals surface area contributed by atoms with Crippen LogP contribution in [-0.2, 0) is 16.0 Å². The van der Waals surface area contributed by atoms with E-state index in [1.54, 1.807) is 12.1 Å². The summed E-state index contributed by atoms with van der Waals surface area (Å²) in [4.78, 5) is 33.8. The van der Waals surface area contributed by atoms with Gasteiger partial charge in [0.15, 0.2) is 10.3 Å². The zero-order chi connectivity index (χ0) is 18.9. The number of carboxylic acid groups (broad SMARTS) is 2. The summed E-state index contributed by atoms with van der Waals surface area (Å²) in [7, 11) is 0. The minimum atomic E-state index is -0.993. The SMILES string of the molecule is O=C(O)CSc1nc(NCCc2ccc(Cl)cc2)nc(SCC(=O)O)n1. The lowest BCUT2D eigenvalue weighted by Gasteiger charge is -2.08. The molecule has 0 fully saturated rings. The van der Waals surface area contributed by atoms with Crippen LogP contribution >= 0.6 is 35.1 Å². The van der Waals surface area contributed by atoms with Crippen molar-refractivity contribution in [2.75, 3.05) is 23.4 Å². The van der Waals surface area contributed by atoms with Gasteiger partial charge in [-0.3, -0.25) is 9.59 Å². The van der Waals surface area contributed by atoms with Crippen LogP contribution in [0.2, 0.25) is 5.02 Å². The molecule has 3 N–H and O–H groups in total. The molecular formula is C15H15ClN4O4S2. The van der Waals surface area contributed by atoms with Crippen LogP contribution in [-0.4, -0.2) is 55.2 Å². The molecule has 0 saturated carbocycles. The first-order chi connectivity index (χ1) is 12.4. The standard InChI is InChI=1S/C15H15ClN4O4S2/c16-10-3-1-9(2-4-10)5-6-17-13-18-14(25-7-11(21)22)20-15(19-13)26-8-12(23)24/h1-4H,5-8H2,(H,21,22)(H,23,24)(H,17,18,19,20). The van der Waals surface area contributed by atoms with Crippen molar-refractivity contribution in [2.45, 2.75) is 16.7 Å². The molecule has 0 aliphatic heterocycles. The number of hydrogen-bond acceptors (Lipinski definition) is 8. The summed E-state index contributed by atoms with van der Waals surface area (Å²) in [6, 6.07) is 7.45. The van der Waals surface area contributed by atoms with Crippen LogP contribution in [0.25, 0.3) is 0 Å². The highest BCUT2D eigenvalue weighted by atomic mass is 35.5. The number of nitrogens with zero attached hydrogens (tertiary/aromatic N) is 3. The van der Waals surface area contributed by atoms with Crippen LogP contribution in [0, 0.1) is 0 Å². The van der Waals surface area contributed by atoms with Crippen molar-refractivity contribution >= 4 is 53.0 Å². The molecule has 0 bridgehead atoms. The van der Waals surface area contributed by atoms with E-state index in [1.165, 1.54) is 0 Å². The minimum Gasteiger partial charge on any atom is -0.481 e. The summed E-state index contributed by atoms with van der Waals surface area (Å²) in [5.74, 6) is -2.11. The average molecular weight is 415 g/mol. The maximum Gasteiger partial charge on any atom is 0.313 e. The van der Waals surface area contributed by atoms with Gasteiger partial charge in [-0.15, -0.1) is 0 Å². The molecule has 0 atom stereocenters. The van der Waals surface area contributed by atoms with E-state index in [0.29, 0.717) is 18.0 Å². The van der Waals surface area contributed by atoms with E-state index >= 15 is 0 Å². The van der Waals surface area contributed by atoms with Crippen molar-refractivity contribution < 1.29 is 19.8 Å². The molecule has 8 nitrogen and oxygen atoms in total. The molecule has 2 rings (SSSR count). The third kappa shape index (κ3) is 7.46. The zero-order valence-corrected chi connectivity index (χ0v) is 15.8. The van der Waals surface area contributed by atoms with E-state index in [1.807, 2.05) is 12.1 Å². The summed E-state index contributed by atoms with van der Waals surface area (Å²) in [5, 5.41) is 21.7. The molecule has 0 radical (unpaired) electrons. The predicted octanol–water partition coefficient (Wildman–Crippen LogP) is 2.53. The van der Waals surface area contributed by atoms with E-state index in [9.17, 15) is 9.59 Å². The van der Waals surface area contributed by atoms with Crippen LogP contribution in [0.15, 0.2) is 34.6 Å². The van der Waals surface area contributed by atoms with Gasteiger partial charge in [-0.1, -0.05) is 47.3 Å². The Hall–Kier alpha value is -2.04. The van der Waals surface area contributed by atoms with E-state index < -0.39 is 11.9 Å². The number of aromatic nitrogens is 3. The molecular weight excluding hydrogens is 400 g/mol. The first-order valence-electron chi connectivity index (χ1n) is 7.36. The van der Waals surface area contributed by atoms with Gasteiger partial charge in [0.25, 0.3) is 0 Å². The maximum absolute atomic E-state index is 10.7. The van der Waals surface area contributed by atoms with Crippen molar-refractivity contribution in [1.82, 2.24) is 15.0 Å². The second-order valence-corrected chi connectivity index (χ2v) is 7.21. The van der Waals surface area contributed by atoms with Gasteiger partial charge < -0.3 is 15.5 Å². The molecule has 26 heavy (non-hydrogen) atoms. The Morgan fingerprint density at radius 2 is 1.50 bits per heavy atom. The van der Waals surface area contributed by atoms with E-state index in [0.717, 1.165) is 29.1 Å². The summed E-state index contributed by atoms with van der Waals surface area (Å²) < 4.78 is 0. The summed E-state index contributed by atoms with van der Waals surface area (Å²) in [5.41, 5.74) is 1.08. The van der Waals surface area contributed by atoms with Crippen molar-refractivity contribution in [2.24, 2.45) is 0 Å². The minimum absolute atomic E-state index is 0.197. The van der Waals surface area contributed by atoms with Crippen LogP contribution in [0.4, 0.5) is 5.95 Å². The maximum atomic E-state index is 10.7. The van der Waals surface area contributed by atoms with Crippen LogP contribution in [0.1, 0.15) is 5.56 Å². The van der Waals surface area contributed by atoms with Gasteiger partial charge in [0.05, 0.1) is 11.5 Å². The Morgan fingerprint density at radius 1 is 0.962 bits per heavy atom. The summed E-state index contributed by atoms with van der Waals surface area (Å²) in [6.45, 7) is 0.539. The molecule has 0 amide bonds. The molecule has 1 heterocycles. The quantitative estimate of drug-likeness (QED) is 0.499. The average Bonchev–Trinajstić information content (AvgIpc) is 2.60. The largest absolute Gasteiger partial charge is 0.481 e. The van der Waals surface area contributed by atoms with Gasteiger partial charge in [0.2, 0.25) is 5.95 Å². The van der Waals surface area contributed by atoms with Gasteiger partial charge >= 0.3 is 11.9 Å². The predicted molar refractivity (Wildman–Crippen MR) is 100 cm³/mol. The number of rotatable bonds is 10. The Kier molecular flexibility index (Phi) is 7.95. The smallest absolute Gasteiger partial charge is 0.313 e. The molecule has 1 aromatic heterocycles. The van der Waals surface area contributed by atoms with Gasteiger partial charge in [0, 0.05) is 11.6 Å². The summed E-state index contributed by atoms with van der Waals surface area (Å²) in [6.07, 6.45) is 0.706. The number of nitrogens with one attached hydrogen (secondary N) is 1. The normalized spacial score (nSPS) is 10.5. The topological polar surface area (TPSA) is 125 Å². The van der Waals surface area contributed by atoms with Gasteiger partial charge in [0.1, 0.15) is 0 Å². The highest BCUT2D eigenvalue weighted by Gasteiger charge is 2.11.